The summed E-state index contributed by atoms with van der Waals surface area (Å²) in [5, 5.41) is 0. The maximum Gasteiger partial charge on any atom is 0.172 e. The summed E-state index contributed by atoms with van der Waals surface area (Å²) in [5.74, 6) is 0.978. The van der Waals surface area contributed by atoms with Crippen LogP contribution >= 0.6 is 0 Å². The molecule has 1 saturated carbocycles. The van der Waals surface area contributed by atoms with Crippen molar-refractivity contribution in [1.82, 2.24) is 9.55 Å². The number of aromatic nitrogens is 2. The Morgan fingerprint density at radius 3 is 2.47 bits per heavy atom. The van der Waals surface area contributed by atoms with Gasteiger partial charge in [-0.15, -0.1) is 0 Å². The summed E-state index contributed by atoms with van der Waals surface area (Å²) >= 11 is 0. The molecule has 1 heterocycles. The minimum atomic E-state index is -0.596. The molecule has 0 radical (unpaired) electrons. The molecule has 4 nitrogen and oxygen atoms in total. The monoisotopic (exact) mass is 264 g/mol. The fraction of sp³-hybridized carbons (Fsp3) is 0.733. The summed E-state index contributed by atoms with van der Waals surface area (Å²) in [7, 11) is 3.58. The van der Waals surface area contributed by atoms with Crippen molar-refractivity contribution in [3.63, 3.8) is 0 Å². The predicted molar refractivity (Wildman–Crippen MR) is 73.9 cm³/mol. The number of hydrogen-bond donors (Lipinski definition) is 0. The first-order valence-electron chi connectivity index (χ1n) is 6.93. The van der Waals surface area contributed by atoms with Gasteiger partial charge in [-0.2, -0.15) is 0 Å². The van der Waals surface area contributed by atoms with Gasteiger partial charge in [-0.3, -0.25) is 4.79 Å². The van der Waals surface area contributed by atoms with Crippen LogP contribution in [0.15, 0.2) is 12.4 Å². The molecule has 106 valence electrons. The van der Waals surface area contributed by atoms with Gasteiger partial charge in [0.1, 0.15) is 11.4 Å². The number of nitrogens with zero attached hydrogens (tertiary/aromatic N) is 2. The zero-order chi connectivity index (χ0) is 14.1. The van der Waals surface area contributed by atoms with Crippen molar-refractivity contribution >= 4 is 5.78 Å². The zero-order valence-corrected chi connectivity index (χ0v) is 12.4. The van der Waals surface area contributed by atoms with Crippen LogP contribution in [0, 0.1) is 5.41 Å². The molecule has 1 fully saturated rings. The third-order valence-corrected chi connectivity index (χ3v) is 4.55. The molecule has 0 bridgehead atoms. The highest BCUT2D eigenvalue weighted by molar-refractivity contribution is 5.88. The van der Waals surface area contributed by atoms with Crippen molar-refractivity contribution in [3.05, 3.63) is 18.2 Å². The van der Waals surface area contributed by atoms with Crippen molar-refractivity contribution in [1.29, 1.82) is 0 Å². The lowest BCUT2D eigenvalue weighted by Crippen LogP contribution is -2.46. The summed E-state index contributed by atoms with van der Waals surface area (Å²) in [5.41, 5.74) is -0.271. The van der Waals surface area contributed by atoms with E-state index in [1.807, 2.05) is 17.8 Å². The minimum absolute atomic E-state index is 0.166. The number of carbonyl (C=O) groups excluding carboxylic acids is 1. The summed E-state index contributed by atoms with van der Waals surface area (Å²) in [6, 6.07) is 0. The molecule has 1 aromatic heterocycles. The Kier molecular flexibility index (Phi) is 3.81. The molecule has 2 rings (SSSR count). The minimum Gasteiger partial charge on any atom is -0.370 e. The lowest BCUT2D eigenvalue weighted by Gasteiger charge is -2.41. The number of rotatable bonds is 4. The zero-order valence-electron chi connectivity index (χ0n) is 12.4. The fourth-order valence-electron chi connectivity index (χ4n) is 2.80. The molecule has 4 heteroatoms. The number of ketones is 1. The van der Waals surface area contributed by atoms with E-state index in [0.717, 1.165) is 31.5 Å². The van der Waals surface area contributed by atoms with E-state index in [0.29, 0.717) is 11.8 Å². The average molecular weight is 264 g/mol. The van der Waals surface area contributed by atoms with Gasteiger partial charge in [-0.1, -0.05) is 13.8 Å². The van der Waals surface area contributed by atoms with Gasteiger partial charge >= 0.3 is 0 Å². The number of aryl methyl sites for hydroxylation is 1. The van der Waals surface area contributed by atoms with Crippen LogP contribution in [-0.4, -0.2) is 28.0 Å². The number of methoxy groups -OCH3 is 1. The van der Waals surface area contributed by atoms with Crippen LogP contribution in [0.1, 0.15) is 45.4 Å². The van der Waals surface area contributed by atoms with Crippen LogP contribution in [0.5, 0.6) is 0 Å². The van der Waals surface area contributed by atoms with E-state index in [1.165, 1.54) is 0 Å². The van der Waals surface area contributed by atoms with Crippen molar-refractivity contribution < 1.29 is 9.53 Å². The third kappa shape index (κ3) is 2.89. The summed E-state index contributed by atoms with van der Waals surface area (Å²) < 4.78 is 7.53. The van der Waals surface area contributed by atoms with Gasteiger partial charge in [-0.05, 0) is 31.1 Å². The van der Waals surface area contributed by atoms with Gasteiger partial charge in [0.15, 0.2) is 5.78 Å². The van der Waals surface area contributed by atoms with Crippen LogP contribution < -0.4 is 0 Å². The van der Waals surface area contributed by atoms with E-state index in [4.69, 9.17) is 4.74 Å². The highest BCUT2D eigenvalue weighted by Crippen LogP contribution is 2.42. The first-order valence-corrected chi connectivity index (χ1v) is 6.93. The molecule has 19 heavy (non-hydrogen) atoms. The third-order valence-electron chi connectivity index (χ3n) is 4.55. The van der Waals surface area contributed by atoms with Crippen LogP contribution in [-0.2, 0) is 23.0 Å². The topological polar surface area (TPSA) is 44.1 Å². The Morgan fingerprint density at radius 2 is 2.00 bits per heavy atom. The molecule has 0 amide bonds. The van der Waals surface area contributed by atoms with Crippen molar-refractivity contribution in [2.24, 2.45) is 12.5 Å². The molecule has 1 aromatic rings. The molecule has 0 spiro atoms. The molecule has 0 N–H and O–H groups in total. The van der Waals surface area contributed by atoms with Crippen LogP contribution in [0.3, 0.4) is 0 Å². The molecular formula is C15H24N2O2. The largest absolute Gasteiger partial charge is 0.370 e. The van der Waals surface area contributed by atoms with Gasteiger partial charge in [0.25, 0.3) is 0 Å². The highest BCUT2D eigenvalue weighted by atomic mass is 16.5. The van der Waals surface area contributed by atoms with Crippen LogP contribution in [0.25, 0.3) is 0 Å². The fourth-order valence-corrected chi connectivity index (χ4v) is 2.80. The normalized spacial score (nSPS) is 21.3. The number of hydrogen-bond acceptors (Lipinski definition) is 3. The molecular weight excluding hydrogens is 240 g/mol. The maximum absolute atomic E-state index is 12.6. The van der Waals surface area contributed by atoms with E-state index in [9.17, 15) is 4.79 Å². The number of Topliss-reactive ketones (excluding diaryl/α,β-unsaturated/α-hetero) is 1. The van der Waals surface area contributed by atoms with Gasteiger partial charge in [0.05, 0.1) is 6.42 Å². The van der Waals surface area contributed by atoms with E-state index >= 15 is 0 Å². The van der Waals surface area contributed by atoms with Gasteiger partial charge < -0.3 is 9.30 Å². The molecule has 0 atom stereocenters. The number of carbonyl (C=O) groups is 1. The lowest BCUT2D eigenvalue weighted by molar-refractivity contribution is -0.147. The molecule has 0 unspecified atom stereocenters. The lowest BCUT2D eigenvalue weighted by atomic mass is 9.69. The Balaban J connectivity index is 2.10. The summed E-state index contributed by atoms with van der Waals surface area (Å²) in [6.45, 7) is 4.52. The van der Waals surface area contributed by atoms with Gasteiger partial charge in [-0.25, -0.2) is 4.98 Å². The smallest absolute Gasteiger partial charge is 0.172 e. The average Bonchev–Trinajstić information content (AvgIpc) is 2.76. The van der Waals surface area contributed by atoms with Crippen LogP contribution in [0.2, 0.25) is 0 Å². The van der Waals surface area contributed by atoms with Gasteiger partial charge in [0.2, 0.25) is 0 Å². The van der Waals surface area contributed by atoms with Gasteiger partial charge in [0, 0.05) is 26.6 Å². The second-order valence-corrected chi connectivity index (χ2v) is 6.42. The van der Waals surface area contributed by atoms with Crippen molar-refractivity contribution in [2.75, 3.05) is 7.11 Å². The quantitative estimate of drug-likeness (QED) is 0.839. The SMILES string of the molecule is COC1(C(=O)Cc2nccn2C)CCC(C)(C)CC1. The number of imidazole rings is 1. The standard InChI is InChI=1S/C15H24N2O2/c1-14(2)5-7-15(19-4,8-6-14)12(18)11-13-16-9-10-17(13)3/h9-10H,5-8,11H2,1-4H3. The van der Waals surface area contributed by atoms with Crippen LogP contribution in [0.4, 0.5) is 0 Å². The molecule has 1 aliphatic rings. The van der Waals surface area contributed by atoms with E-state index in [-0.39, 0.29) is 5.78 Å². The maximum atomic E-state index is 12.6. The Bertz CT molecular complexity index is 452. The Morgan fingerprint density at radius 1 is 1.37 bits per heavy atom. The first kappa shape index (κ1) is 14.3. The van der Waals surface area contributed by atoms with Crippen molar-refractivity contribution in [3.8, 4) is 0 Å². The highest BCUT2D eigenvalue weighted by Gasteiger charge is 2.43. The van der Waals surface area contributed by atoms with E-state index < -0.39 is 5.60 Å². The molecule has 0 aliphatic heterocycles. The molecule has 0 aromatic carbocycles. The summed E-state index contributed by atoms with van der Waals surface area (Å²) in [4.78, 5) is 16.8. The second-order valence-electron chi connectivity index (χ2n) is 6.42. The predicted octanol–water partition coefficient (Wildman–Crippen LogP) is 2.52. The van der Waals surface area contributed by atoms with E-state index in [2.05, 4.69) is 18.8 Å². The first-order chi connectivity index (χ1) is 8.88. The Hall–Kier alpha value is -1.16. The summed E-state index contributed by atoms with van der Waals surface area (Å²) in [6.07, 6.45) is 7.66. The molecule has 0 saturated heterocycles. The molecule has 1 aliphatic carbocycles. The van der Waals surface area contributed by atoms with E-state index in [1.54, 1.807) is 13.3 Å². The number of ether oxygens (including phenoxy) is 1. The Labute approximate surface area is 115 Å². The second kappa shape index (κ2) is 5.08. The van der Waals surface area contributed by atoms with Crippen molar-refractivity contribution in [2.45, 2.75) is 51.6 Å².